The van der Waals surface area contributed by atoms with E-state index in [0.29, 0.717) is 12.2 Å². The molecule has 3 aromatic rings. The molecule has 3 rings (SSSR count). The number of hydrogen-bond donors (Lipinski definition) is 1. The molecule has 0 spiro atoms. The van der Waals surface area contributed by atoms with Gasteiger partial charge >= 0.3 is 0 Å². The fourth-order valence-electron chi connectivity index (χ4n) is 2.98. The van der Waals surface area contributed by atoms with Crippen molar-refractivity contribution in [2.45, 2.75) is 19.8 Å². The number of carbonyl (C=O) groups is 1. The Hall–Kier alpha value is -3.81. The number of nitro benzene ring substituents is 1. The van der Waals surface area contributed by atoms with E-state index < -0.39 is 16.3 Å². The highest BCUT2D eigenvalue weighted by atomic mass is 16.6. The van der Waals surface area contributed by atoms with Crippen molar-refractivity contribution < 1.29 is 9.72 Å². The second-order valence-corrected chi connectivity index (χ2v) is 6.68. The first-order valence-electron chi connectivity index (χ1n) is 9.06. The fraction of sp³-hybridized carbons (Fsp3) is 0.190. The topological polar surface area (TPSA) is 107 Å². The number of aryl methyl sites for hydroxylation is 1. The molecule has 0 aliphatic rings. The molecule has 8 heteroatoms. The molecule has 1 atom stereocenters. The third-order valence-corrected chi connectivity index (χ3v) is 4.57. The molecule has 0 aliphatic heterocycles. The van der Waals surface area contributed by atoms with Crippen LogP contribution in [0.15, 0.2) is 65.5 Å². The third-order valence-electron chi connectivity index (χ3n) is 4.57. The van der Waals surface area contributed by atoms with Gasteiger partial charge in [-0.25, -0.2) is 4.68 Å². The van der Waals surface area contributed by atoms with E-state index in [0.717, 1.165) is 5.56 Å². The van der Waals surface area contributed by atoms with Crippen LogP contribution >= 0.6 is 0 Å². The number of carbonyl (C=O) groups excluding carboxylic acids is 1. The number of amides is 1. The van der Waals surface area contributed by atoms with Crippen LogP contribution in [0.4, 0.5) is 5.69 Å². The molecule has 1 N–H and O–H groups in total. The lowest BCUT2D eigenvalue weighted by molar-refractivity contribution is -0.384. The van der Waals surface area contributed by atoms with Crippen molar-refractivity contribution in [2.75, 3.05) is 6.54 Å². The van der Waals surface area contributed by atoms with Crippen LogP contribution in [0, 0.1) is 17.0 Å². The highest BCUT2D eigenvalue weighted by Gasteiger charge is 2.20. The second-order valence-electron chi connectivity index (χ2n) is 6.68. The number of nitrogens with zero attached hydrogens (tertiary/aromatic N) is 3. The van der Waals surface area contributed by atoms with Gasteiger partial charge in [-0.1, -0.05) is 49.4 Å². The minimum atomic E-state index is -0.620. The first-order chi connectivity index (χ1) is 13.9. The molecule has 29 heavy (non-hydrogen) atoms. The third kappa shape index (κ3) is 4.37. The van der Waals surface area contributed by atoms with Crippen LogP contribution in [0.1, 0.15) is 34.6 Å². The van der Waals surface area contributed by atoms with E-state index in [2.05, 4.69) is 10.4 Å². The molecule has 1 aromatic heterocycles. The summed E-state index contributed by atoms with van der Waals surface area (Å²) in [4.78, 5) is 35.7. The summed E-state index contributed by atoms with van der Waals surface area (Å²) in [6, 6.07) is 16.9. The highest BCUT2D eigenvalue weighted by molar-refractivity contribution is 5.92. The molecule has 1 heterocycles. The van der Waals surface area contributed by atoms with Gasteiger partial charge in [0.05, 0.1) is 4.92 Å². The van der Waals surface area contributed by atoms with E-state index >= 15 is 0 Å². The molecule has 0 saturated carbocycles. The zero-order valence-corrected chi connectivity index (χ0v) is 16.0. The molecule has 0 saturated heterocycles. The van der Waals surface area contributed by atoms with Crippen molar-refractivity contribution in [3.05, 3.63) is 98.0 Å². The molecule has 0 fully saturated rings. The molecule has 1 unspecified atom stereocenters. The smallest absolute Gasteiger partial charge is 0.294 e. The van der Waals surface area contributed by atoms with E-state index in [1.165, 1.54) is 28.9 Å². The zero-order valence-electron chi connectivity index (χ0n) is 16.0. The number of nitro groups is 1. The SMILES string of the molecule is Cc1cc(=O)c(C(=O)NCC(C)c2ccccc2)nn1-c1ccccc1[N+](=O)[O-]. The fourth-order valence-corrected chi connectivity index (χ4v) is 2.98. The van der Waals surface area contributed by atoms with Crippen LogP contribution < -0.4 is 10.7 Å². The zero-order chi connectivity index (χ0) is 21.0. The van der Waals surface area contributed by atoms with Crippen LogP contribution in [0.3, 0.4) is 0 Å². The maximum atomic E-state index is 12.6. The molecular formula is C21H20N4O4. The van der Waals surface area contributed by atoms with Crippen molar-refractivity contribution in [1.82, 2.24) is 15.1 Å². The maximum Gasteiger partial charge on any atom is 0.294 e. The predicted octanol–water partition coefficient (Wildman–Crippen LogP) is 2.98. The molecule has 148 valence electrons. The average molecular weight is 392 g/mol. The predicted molar refractivity (Wildman–Crippen MR) is 108 cm³/mol. The molecule has 1 amide bonds. The van der Waals surface area contributed by atoms with Gasteiger partial charge < -0.3 is 5.32 Å². The van der Waals surface area contributed by atoms with Crippen LogP contribution in [0.25, 0.3) is 5.69 Å². The number of rotatable bonds is 6. The van der Waals surface area contributed by atoms with Gasteiger partial charge in [-0.15, -0.1) is 0 Å². The monoisotopic (exact) mass is 392 g/mol. The summed E-state index contributed by atoms with van der Waals surface area (Å²) >= 11 is 0. The summed E-state index contributed by atoms with van der Waals surface area (Å²) in [5.41, 5.74) is 0.606. The summed E-state index contributed by atoms with van der Waals surface area (Å²) in [5.74, 6) is -0.576. The van der Waals surface area contributed by atoms with Crippen molar-refractivity contribution >= 4 is 11.6 Å². The van der Waals surface area contributed by atoms with E-state index in [9.17, 15) is 19.7 Å². The summed E-state index contributed by atoms with van der Waals surface area (Å²) in [5, 5.41) is 18.2. The summed E-state index contributed by atoms with van der Waals surface area (Å²) in [6.45, 7) is 3.89. The lowest BCUT2D eigenvalue weighted by atomic mass is 10.0. The summed E-state index contributed by atoms with van der Waals surface area (Å²) in [6.07, 6.45) is 0. The normalized spacial score (nSPS) is 11.7. The van der Waals surface area contributed by atoms with Crippen molar-refractivity contribution in [3.63, 3.8) is 0 Å². The lowest BCUT2D eigenvalue weighted by Crippen LogP contribution is -2.34. The molecule has 2 aromatic carbocycles. The molecular weight excluding hydrogens is 372 g/mol. The van der Waals surface area contributed by atoms with Gasteiger partial charge in [0.15, 0.2) is 5.69 Å². The van der Waals surface area contributed by atoms with Crippen LogP contribution in [-0.2, 0) is 0 Å². The Morgan fingerprint density at radius 1 is 1.17 bits per heavy atom. The quantitative estimate of drug-likeness (QED) is 0.513. The second kappa shape index (κ2) is 8.47. The number of para-hydroxylation sites is 2. The first kappa shape index (κ1) is 19.9. The van der Waals surface area contributed by atoms with Gasteiger partial charge in [0.1, 0.15) is 5.69 Å². The van der Waals surface area contributed by atoms with E-state index in [-0.39, 0.29) is 23.0 Å². The van der Waals surface area contributed by atoms with E-state index in [1.54, 1.807) is 13.0 Å². The Labute approximate surface area is 167 Å². The molecule has 8 nitrogen and oxygen atoms in total. The van der Waals surface area contributed by atoms with E-state index in [1.807, 2.05) is 37.3 Å². The number of benzene rings is 2. The largest absolute Gasteiger partial charge is 0.350 e. The lowest BCUT2D eigenvalue weighted by Gasteiger charge is -2.14. The summed E-state index contributed by atoms with van der Waals surface area (Å²) < 4.78 is 1.25. The number of aromatic nitrogens is 2. The number of nitrogens with one attached hydrogen (secondary N) is 1. The number of hydrogen-bond acceptors (Lipinski definition) is 5. The average Bonchev–Trinajstić information content (AvgIpc) is 2.72. The Balaban J connectivity index is 1.89. The van der Waals surface area contributed by atoms with Crippen molar-refractivity contribution in [2.24, 2.45) is 0 Å². The minimum Gasteiger partial charge on any atom is -0.350 e. The highest BCUT2D eigenvalue weighted by Crippen LogP contribution is 2.22. The first-order valence-corrected chi connectivity index (χ1v) is 9.06. The molecule has 0 radical (unpaired) electrons. The van der Waals surface area contributed by atoms with Gasteiger partial charge in [-0.05, 0) is 24.5 Å². The Morgan fingerprint density at radius 3 is 2.52 bits per heavy atom. The van der Waals surface area contributed by atoms with Gasteiger partial charge in [0.25, 0.3) is 11.6 Å². The van der Waals surface area contributed by atoms with Crippen molar-refractivity contribution in [3.8, 4) is 5.69 Å². The van der Waals surface area contributed by atoms with Crippen LogP contribution in [0.5, 0.6) is 0 Å². The minimum absolute atomic E-state index is 0.0445. The molecule has 0 bridgehead atoms. The Bertz CT molecular complexity index is 1110. The van der Waals surface area contributed by atoms with Gasteiger partial charge in [-0.3, -0.25) is 19.7 Å². The Kier molecular flexibility index (Phi) is 5.82. The van der Waals surface area contributed by atoms with Crippen LogP contribution in [0.2, 0.25) is 0 Å². The maximum absolute atomic E-state index is 12.6. The van der Waals surface area contributed by atoms with Crippen molar-refractivity contribution in [1.29, 1.82) is 0 Å². The van der Waals surface area contributed by atoms with Crippen LogP contribution in [-0.4, -0.2) is 27.2 Å². The van der Waals surface area contributed by atoms with E-state index in [4.69, 9.17) is 0 Å². The Morgan fingerprint density at radius 2 is 1.83 bits per heavy atom. The standard InChI is InChI=1S/C21H20N4O4/c1-14(16-8-4-3-5-9-16)13-22-21(27)20-19(26)12-15(2)24(23-20)17-10-6-7-11-18(17)25(28)29/h3-12,14H,13H2,1-2H3,(H,22,27). The van der Waals surface area contributed by atoms with Gasteiger partial charge in [-0.2, -0.15) is 5.10 Å². The molecule has 0 aliphatic carbocycles. The summed E-state index contributed by atoms with van der Waals surface area (Å²) in [7, 11) is 0. The van der Waals surface area contributed by atoms with Gasteiger partial charge in [0.2, 0.25) is 5.43 Å². The van der Waals surface area contributed by atoms with Gasteiger partial charge in [0, 0.05) is 24.4 Å².